The first kappa shape index (κ1) is 102. The molecule has 125 heavy (non-hydrogen) atoms. The van der Waals surface area contributed by atoms with Crippen molar-refractivity contribution in [1.29, 1.82) is 0 Å². The predicted molar refractivity (Wildman–Crippen MR) is 511 cm³/mol. The summed E-state index contributed by atoms with van der Waals surface area (Å²) >= 11 is 44.6. The summed E-state index contributed by atoms with van der Waals surface area (Å²) in [7, 11) is 3.28. The third-order valence-corrected chi connectivity index (χ3v) is 20.2. The summed E-state index contributed by atoms with van der Waals surface area (Å²) in [5.41, 5.74) is 11.5. The number of nitrogens with two attached hydrogens (primary N) is 1. The van der Waals surface area contributed by atoms with Gasteiger partial charge in [-0.15, -0.1) is 11.6 Å². The number of phenols is 1. The Morgan fingerprint density at radius 1 is 0.472 bits per heavy atom. The molecule has 12 aromatic carbocycles. The number of aromatic amines is 2. The Kier molecular flexibility index (Phi) is 43.3. The number of halogens is 10. The van der Waals surface area contributed by atoms with E-state index < -0.39 is 33.3 Å². The molecule has 14 aromatic rings. The number of nitrogen functional groups attached to an aromatic ring is 1. The third kappa shape index (κ3) is 30.7. The SMILES string of the molecule is CCOC(=O)CI.CCOc1c(Cl)cccc1Nc1ccccc1C(=O)O.CCOc1c(Cl)cccc1[N+](=O)[O-].CCOc1c(N)cccc1Cl.COc1ccc(CCl)cc1.COc1ccc(COc2c(Cl)ccc3c(=O)c4ccccc4[nH]c23)cc1.O=C(O)c1ccccc1I.O=[N+]([O-])c1cccc(Cl)c1F.O=c1c2ccccc2[nH]c2c(O)c(Cl)ccc12. The van der Waals surface area contributed by atoms with E-state index in [-0.39, 0.29) is 54.6 Å². The largest absolute Gasteiger partial charge is 0.504 e. The number of benzene rings is 12. The molecule has 0 saturated heterocycles. The number of nitro benzene ring substituents is 2. The van der Waals surface area contributed by atoms with E-state index in [0.29, 0.717) is 136 Å². The van der Waals surface area contributed by atoms with Crippen molar-refractivity contribution < 1.29 is 77.1 Å². The smallest absolute Gasteiger partial charge is 0.337 e. The number of hydrogen-bond acceptors (Lipinski definition) is 19. The van der Waals surface area contributed by atoms with Crippen molar-refractivity contribution >= 4 is 216 Å². The van der Waals surface area contributed by atoms with Gasteiger partial charge < -0.3 is 69.5 Å². The number of aromatic nitrogens is 2. The number of esters is 1. The van der Waals surface area contributed by atoms with Crippen LogP contribution in [0.2, 0.25) is 30.1 Å². The van der Waals surface area contributed by atoms with Crippen LogP contribution in [-0.2, 0) is 22.0 Å². The van der Waals surface area contributed by atoms with Crippen molar-refractivity contribution in [2.24, 2.45) is 0 Å². The van der Waals surface area contributed by atoms with Crippen molar-refractivity contribution in [2.75, 3.05) is 56.1 Å². The van der Waals surface area contributed by atoms with Crippen molar-refractivity contribution in [2.45, 2.75) is 40.2 Å². The van der Waals surface area contributed by atoms with E-state index in [2.05, 4.69) is 20.0 Å². The van der Waals surface area contributed by atoms with E-state index >= 15 is 0 Å². The number of carbonyl (C=O) groups excluding carboxylic acids is 1. The number of aromatic carboxylic acids is 2. The molecule has 25 nitrogen and oxygen atoms in total. The van der Waals surface area contributed by atoms with E-state index in [0.717, 1.165) is 37.8 Å². The quantitative estimate of drug-likeness (QED) is 0.00709. The molecule has 2 aromatic heterocycles. The number of pyridine rings is 2. The zero-order chi connectivity index (χ0) is 91.8. The van der Waals surface area contributed by atoms with E-state index in [9.17, 15) is 58.8 Å². The van der Waals surface area contributed by atoms with Crippen LogP contribution >= 0.6 is 126 Å². The zero-order valence-corrected chi connectivity index (χ0v) is 76.8. The topological polar surface area (TPSA) is 367 Å². The van der Waals surface area contributed by atoms with Gasteiger partial charge in [0.15, 0.2) is 33.9 Å². The molecular weight excluding hydrogens is 1990 g/mol. The number of ether oxygens (including phenoxy) is 7. The molecule has 0 spiro atoms. The second-order valence-corrected chi connectivity index (χ2v) is 29.3. The molecule has 0 radical (unpaired) electrons. The molecule has 0 atom stereocenters. The van der Waals surface area contributed by atoms with Crippen molar-refractivity contribution in [1.82, 2.24) is 9.97 Å². The Bertz CT molecular complexity index is 6080. The lowest BCUT2D eigenvalue weighted by Gasteiger charge is -2.15. The molecule has 654 valence electrons. The number of H-pyrrole nitrogens is 2. The van der Waals surface area contributed by atoms with Gasteiger partial charge in [-0.25, -0.2) is 9.59 Å². The number of fused-ring (bicyclic) bond motifs is 4. The molecule has 0 aliphatic heterocycles. The van der Waals surface area contributed by atoms with Gasteiger partial charge in [-0.2, -0.15) is 4.39 Å². The number of para-hydroxylation sites is 6. The molecule has 0 saturated carbocycles. The minimum atomic E-state index is -0.993. The van der Waals surface area contributed by atoms with Gasteiger partial charge in [0.25, 0.3) is 0 Å². The summed E-state index contributed by atoms with van der Waals surface area (Å²) in [5.74, 6) is 0.839. The highest BCUT2D eigenvalue weighted by atomic mass is 127. The molecule has 14 rings (SSSR count). The number of nitrogens with one attached hydrogen (secondary N) is 3. The monoisotopic (exact) mass is 2070 g/mol. The Labute approximate surface area is 778 Å². The molecule has 0 unspecified atom stereocenters. The number of alkyl halides is 2. The molecule has 0 amide bonds. The van der Waals surface area contributed by atoms with Crippen molar-refractivity contribution in [3.63, 3.8) is 0 Å². The number of carbonyl (C=O) groups is 3. The van der Waals surface area contributed by atoms with Crippen LogP contribution in [0.1, 0.15) is 59.5 Å². The highest BCUT2D eigenvalue weighted by molar-refractivity contribution is 14.1. The average molecular weight is 2070 g/mol. The van der Waals surface area contributed by atoms with Crippen LogP contribution in [0.25, 0.3) is 43.6 Å². The van der Waals surface area contributed by atoms with Gasteiger partial charge in [0.05, 0.1) is 135 Å². The Morgan fingerprint density at radius 2 is 0.904 bits per heavy atom. The Balaban J connectivity index is 0.000000223. The number of anilines is 3. The summed E-state index contributed by atoms with van der Waals surface area (Å²) in [4.78, 5) is 82.3. The first-order valence-corrected chi connectivity index (χ1v) is 42.4. The van der Waals surface area contributed by atoms with E-state index in [1.54, 1.807) is 149 Å². The van der Waals surface area contributed by atoms with Crippen molar-refractivity contribution in [3.8, 4) is 40.2 Å². The highest BCUT2D eigenvalue weighted by Crippen LogP contribution is 2.39. The van der Waals surface area contributed by atoms with Crippen molar-refractivity contribution in [3.05, 3.63) is 345 Å². The van der Waals surface area contributed by atoms with E-state index in [4.69, 9.17) is 120 Å². The van der Waals surface area contributed by atoms with Gasteiger partial charge in [0.2, 0.25) is 11.6 Å². The second kappa shape index (κ2) is 52.9. The number of hydrogen-bond donors (Lipinski definition) is 7. The lowest BCUT2D eigenvalue weighted by molar-refractivity contribution is -0.387. The summed E-state index contributed by atoms with van der Waals surface area (Å²) in [6.07, 6.45) is 0. The maximum atomic E-state index is 12.8. The van der Waals surface area contributed by atoms with E-state index in [1.165, 1.54) is 36.4 Å². The molecule has 0 aliphatic carbocycles. The van der Waals surface area contributed by atoms with Crippen LogP contribution in [-0.4, -0.2) is 98.1 Å². The van der Waals surface area contributed by atoms with Gasteiger partial charge in [-0.05, 0) is 195 Å². The highest BCUT2D eigenvalue weighted by Gasteiger charge is 2.20. The van der Waals surface area contributed by atoms with E-state index in [1.807, 2.05) is 138 Å². The van der Waals surface area contributed by atoms with Crippen LogP contribution in [0.5, 0.6) is 40.2 Å². The Hall–Kier alpha value is -11.6. The van der Waals surface area contributed by atoms with Gasteiger partial charge in [-0.3, -0.25) is 34.6 Å². The van der Waals surface area contributed by atoms with Gasteiger partial charge >= 0.3 is 29.3 Å². The fourth-order valence-electron chi connectivity index (χ4n) is 10.7. The molecule has 35 heteroatoms. The fraction of sp³-hybridized carbons (Fsp3) is 0.144. The predicted octanol–water partition coefficient (Wildman–Crippen LogP) is 24.9. The number of aromatic hydroxyl groups is 1. The Morgan fingerprint density at radius 3 is 1.39 bits per heavy atom. The molecule has 8 N–H and O–H groups in total. The maximum Gasteiger partial charge on any atom is 0.337 e. The average Bonchev–Trinajstić information content (AvgIpc) is 0.768. The summed E-state index contributed by atoms with van der Waals surface area (Å²) in [5, 5.41) is 55.2. The van der Waals surface area contributed by atoms with Crippen LogP contribution in [0.15, 0.2) is 252 Å². The first-order chi connectivity index (χ1) is 59.9. The molecular formula is C90H80Cl7FI2N6O19. The summed E-state index contributed by atoms with van der Waals surface area (Å²) in [6, 6.07) is 68.6. The molecule has 2 heterocycles. The van der Waals surface area contributed by atoms with Crippen LogP contribution in [0, 0.1) is 29.6 Å². The third-order valence-electron chi connectivity index (χ3n) is 16.5. The maximum absolute atomic E-state index is 12.8. The summed E-state index contributed by atoms with van der Waals surface area (Å²) < 4.78 is 50.3. The first-order valence-electron chi connectivity index (χ1n) is 37.0. The minimum Gasteiger partial charge on any atom is -0.504 e. The number of nitro groups is 2. The number of rotatable bonds is 20. The lowest BCUT2D eigenvalue weighted by Crippen LogP contribution is -2.06. The molecule has 0 fully saturated rings. The number of nitrogens with zero attached hydrogens (tertiary/aromatic N) is 2. The second-order valence-electron chi connectivity index (χ2n) is 24.7. The number of phenolic OH excluding ortho intramolecular Hbond substituents is 1. The van der Waals surface area contributed by atoms with Crippen LogP contribution < -0.4 is 50.3 Å². The van der Waals surface area contributed by atoms with Gasteiger partial charge in [0, 0.05) is 43.4 Å². The zero-order valence-electron chi connectivity index (χ0n) is 67.2. The van der Waals surface area contributed by atoms with Crippen LogP contribution in [0.4, 0.5) is 32.8 Å². The number of methoxy groups -OCH3 is 2. The lowest BCUT2D eigenvalue weighted by atomic mass is 10.1. The standard InChI is InChI=1S/C21H16ClNO3.C15H14ClNO3.C13H8ClNO2.C8H8ClNO3.C8H10ClNO.C8H9ClO.C7H5IO2.C6H3ClFNO2.C4H7IO2/c1-25-14-8-6-13(7-9-14)12-26-21-17(22)11-10-16-19(21)23-18-5-3-2-4-15(18)20(16)24;1-2-20-14-11(16)7-5-9-13(14)17-12-8-4-3-6-10(12)15(18)19;14-9-6-5-8-11(13(9)17)15-10-4-2-1-3-7(10)12(8)16;1-2-13-8-6(9)4-3-5-7(8)10(11)12;1-2-11-8-6(9)4-3-5-7(8)10;1-10-8-4-2-7(6-9)3-5-8;8-6-4-2-1-3-5(6)7(9)10;7-4-2-1-3-5(6(4)8)9(10)11;1-2-7-4(6)3-5/h2-11H,12H2,1H3,(H,23,24);3-9,17H,2H2,1H3,(H,18,19);1-6,17H,(H,15,16);3-5H,2H2,1H3;3-5H,2,10H2,1H3;2-5H,6H2,1H3;1-4H,(H,9,10);1-3H;2-3H2,1H3. The normalized spacial score (nSPS) is 10.1. The number of carboxylic acids is 2. The molecule has 0 bridgehead atoms. The molecule has 0 aliphatic rings. The summed E-state index contributed by atoms with van der Waals surface area (Å²) in [6.45, 7) is 9.51. The minimum absolute atomic E-state index is 0.0414. The fourth-order valence-corrected chi connectivity index (χ4v) is 12.9. The van der Waals surface area contributed by atoms with Gasteiger partial charge in [0.1, 0.15) is 18.1 Å². The van der Waals surface area contributed by atoms with Crippen LogP contribution in [0.3, 0.4) is 0 Å². The number of carboxylic acid groups (broad SMARTS) is 2. The van der Waals surface area contributed by atoms with Gasteiger partial charge in [-0.1, -0.05) is 189 Å².